The van der Waals surface area contributed by atoms with E-state index in [1.165, 1.54) is 0 Å². The summed E-state index contributed by atoms with van der Waals surface area (Å²) in [6, 6.07) is 15.9. The van der Waals surface area contributed by atoms with Gasteiger partial charge < -0.3 is 9.80 Å². The highest BCUT2D eigenvalue weighted by Crippen LogP contribution is 2.15. The highest BCUT2D eigenvalue weighted by molar-refractivity contribution is 5.95. The van der Waals surface area contributed by atoms with Gasteiger partial charge in [-0.05, 0) is 30.2 Å². The van der Waals surface area contributed by atoms with Gasteiger partial charge in [0, 0.05) is 38.5 Å². The summed E-state index contributed by atoms with van der Waals surface area (Å²) < 4.78 is 0. The normalized spacial score (nSPS) is 15.6. The Bertz CT molecular complexity index is 674. The quantitative estimate of drug-likeness (QED) is 0.818. The molecular formula is C19H21N3O. The van der Waals surface area contributed by atoms with Gasteiger partial charge in [-0.2, -0.15) is 0 Å². The van der Waals surface area contributed by atoms with Crippen LogP contribution in [0.3, 0.4) is 0 Å². The van der Waals surface area contributed by atoms with Crippen LogP contribution >= 0.6 is 0 Å². The predicted molar refractivity (Wildman–Crippen MR) is 93.1 cm³/mol. The van der Waals surface area contributed by atoms with Crippen molar-refractivity contribution >= 4 is 17.3 Å². The predicted octanol–water partition coefficient (Wildman–Crippen LogP) is 2.83. The SMILES string of the molecule is C/C(=C\C(=O)N1CCN(c2ccccn2)CC1)c1ccccc1. The molecule has 4 heteroatoms. The van der Waals surface area contributed by atoms with E-state index in [0.717, 1.165) is 43.1 Å². The number of piperazine rings is 1. The molecule has 118 valence electrons. The number of allylic oxidation sites excluding steroid dienone is 1. The average Bonchev–Trinajstić information content (AvgIpc) is 2.63. The fourth-order valence-corrected chi connectivity index (χ4v) is 2.76. The maximum absolute atomic E-state index is 12.4. The number of carbonyl (C=O) groups is 1. The highest BCUT2D eigenvalue weighted by Gasteiger charge is 2.20. The Morgan fingerprint density at radius 3 is 2.35 bits per heavy atom. The zero-order valence-electron chi connectivity index (χ0n) is 13.4. The molecular weight excluding hydrogens is 286 g/mol. The first-order valence-corrected chi connectivity index (χ1v) is 7.92. The highest BCUT2D eigenvalue weighted by atomic mass is 16.2. The standard InChI is InChI=1S/C19H21N3O/c1-16(17-7-3-2-4-8-17)15-19(23)22-13-11-21(12-14-22)18-9-5-6-10-20-18/h2-10,15H,11-14H2,1H3/b16-15+. The molecule has 0 aliphatic carbocycles. The van der Waals surface area contributed by atoms with Crippen LogP contribution in [-0.4, -0.2) is 42.0 Å². The molecule has 1 aliphatic heterocycles. The maximum Gasteiger partial charge on any atom is 0.246 e. The van der Waals surface area contributed by atoms with Gasteiger partial charge in [0.05, 0.1) is 0 Å². The summed E-state index contributed by atoms with van der Waals surface area (Å²) in [5.74, 6) is 1.07. The van der Waals surface area contributed by atoms with Crippen LogP contribution in [0, 0.1) is 0 Å². The zero-order chi connectivity index (χ0) is 16.1. The number of hydrogen-bond donors (Lipinski definition) is 0. The molecule has 0 bridgehead atoms. The number of hydrogen-bond acceptors (Lipinski definition) is 3. The largest absolute Gasteiger partial charge is 0.353 e. The molecule has 1 aromatic carbocycles. The van der Waals surface area contributed by atoms with Gasteiger partial charge in [-0.3, -0.25) is 4.79 Å². The molecule has 0 N–H and O–H groups in total. The lowest BCUT2D eigenvalue weighted by molar-refractivity contribution is -0.126. The summed E-state index contributed by atoms with van der Waals surface area (Å²) in [5.41, 5.74) is 2.09. The third kappa shape index (κ3) is 3.77. The molecule has 0 unspecified atom stereocenters. The number of carbonyl (C=O) groups excluding carboxylic acids is 1. The first-order valence-electron chi connectivity index (χ1n) is 7.92. The van der Waals surface area contributed by atoms with E-state index in [1.807, 2.05) is 60.4 Å². The summed E-state index contributed by atoms with van der Waals surface area (Å²) in [6.45, 7) is 5.08. The molecule has 3 rings (SSSR count). The van der Waals surface area contributed by atoms with Crippen molar-refractivity contribution < 1.29 is 4.79 Å². The molecule has 0 spiro atoms. The summed E-state index contributed by atoms with van der Waals surface area (Å²) in [4.78, 5) is 20.9. The molecule has 2 heterocycles. The summed E-state index contributed by atoms with van der Waals surface area (Å²) in [6.07, 6.45) is 3.55. The van der Waals surface area contributed by atoms with Crippen molar-refractivity contribution in [2.45, 2.75) is 6.92 Å². The topological polar surface area (TPSA) is 36.4 Å². The zero-order valence-corrected chi connectivity index (χ0v) is 13.4. The molecule has 0 atom stereocenters. The molecule has 1 amide bonds. The lowest BCUT2D eigenvalue weighted by Crippen LogP contribution is -2.48. The van der Waals surface area contributed by atoms with Crippen LogP contribution in [0.4, 0.5) is 5.82 Å². The van der Waals surface area contributed by atoms with E-state index in [0.29, 0.717) is 0 Å². The number of amides is 1. The smallest absolute Gasteiger partial charge is 0.246 e. The Morgan fingerprint density at radius 1 is 1.00 bits per heavy atom. The van der Waals surface area contributed by atoms with Gasteiger partial charge in [0.2, 0.25) is 5.91 Å². The average molecular weight is 307 g/mol. The number of anilines is 1. The Morgan fingerprint density at radius 2 is 1.70 bits per heavy atom. The van der Waals surface area contributed by atoms with E-state index >= 15 is 0 Å². The lowest BCUT2D eigenvalue weighted by atomic mass is 10.1. The van der Waals surface area contributed by atoms with E-state index < -0.39 is 0 Å². The molecule has 23 heavy (non-hydrogen) atoms. The molecule has 4 nitrogen and oxygen atoms in total. The van der Waals surface area contributed by atoms with Crippen LogP contribution < -0.4 is 4.90 Å². The van der Waals surface area contributed by atoms with Crippen LogP contribution in [0.2, 0.25) is 0 Å². The summed E-state index contributed by atoms with van der Waals surface area (Å²) in [5, 5.41) is 0. The fourth-order valence-electron chi connectivity index (χ4n) is 2.76. The van der Waals surface area contributed by atoms with Crippen LogP contribution in [-0.2, 0) is 4.79 Å². The second-order valence-corrected chi connectivity index (χ2v) is 5.69. The molecule has 2 aromatic rings. The Kier molecular flexibility index (Phi) is 4.71. The minimum atomic E-state index is 0.0898. The number of aromatic nitrogens is 1. The van der Waals surface area contributed by atoms with Gasteiger partial charge in [-0.25, -0.2) is 4.98 Å². The molecule has 1 aromatic heterocycles. The van der Waals surface area contributed by atoms with Gasteiger partial charge in [-0.15, -0.1) is 0 Å². The van der Waals surface area contributed by atoms with Gasteiger partial charge in [0.15, 0.2) is 0 Å². The van der Waals surface area contributed by atoms with Crippen LogP contribution in [0.25, 0.3) is 5.57 Å². The van der Waals surface area contributed by atoms with E-state index in [9.17, 15) is 4.79 Å². The number of benzene rings is 1. The summed E-state index contributed by atoms with van der Waals surface area (Å²) >= 11 is 0. The number of pyridine rings is 1. The monoisotopic (exact) mass is 307 g/mol. The van der Waals surface area contributed by atoms with Crippen molar-refractivity contribution in [2.24, 2.45) is 0 Å². The van der Waals surface area contributed by atoms with E-state index in [2.05, 4.69) is 9.88 Å². The Labute approximate surface area is 137 Å². The van der Waals surface area contributed by atoms with Gasteiger partial charge >= 0.3 is 0 Å². The van der Waals surface area contributed by atoms with Gasteiger partial charge in [0.25, 0.3) is 0 Å². The first kappa shape index (κ1) is 15.3. The third-order valence-corrected chi connectivity index (χ3v) is 4.13. The lowest BCUT2D eigenvalue weighted by Gasteiger charge is -2.35. The van der Waals surface area contributed by atoms with Crippen molar-refractivity contribution in [1.82, 2.24) is 9.88 Å². The second-order valence-electron chi connectivity index (χ2n) is 5.69. The molecule has 0 saturated carbocycles. The van der Waals surface area contributed by atoms with Crippen LogP contribution in [0.1, 0.15) is 12.5 Å². The molecule has 1 aliphatic rings. The molecule has 1 fully saturated rings. The fraction of sp³-hybridized carbons (Fsp3) is 0.263. The van der Waals surface area contributed by atoms with Crippen LogP contribution in [0.15, 0.2) is 60.8 Å². The molecule has 0 radical (unpaired) electrons. The van der Waals surface area contributed by atoms with Crippen molar-refractivity contribution in [3.05, 3.63) is 66.4 Å². The van der Waals surface area contributed by atoms with Crippen molar-refractivity contribution in [3.8, 4) is 0 Å². The molecule has 1 saturated heterocycles. The van der Waals surface area contributed by atoms with E-state index in [-0.39, 0.29) is 5.91 Å². The minimum absolute atomic E-state index is 0.0898. The minimum Gasteiger partial charge on any atom is -0.353 e. The first-order chi connectivity index (χ1) is 11.2. The van der Waals surface area contributed by atoms with Crippen LogP contribution in [0.5, 0.6) is 0 Å². The number of nitrogens with zero attached hydrogens (tertiary/aromatic N) is 3. The maximum atomic E-state index is 12.4. The van der Waals surface area contributed by atoms with Gasteiger partial charge in [0.1, 0.15) is 5.82 Å². The third-order valence-electron chi connectivity index (χ3n) is 4.13. The van der Waals surface area contributed by atoms with Crippen molar-refractivity contribution in [1.29, 1.82) is 0 Å². The van der Waals surface area contributed by atoms with E-state index in [1.54, 1.807) is 12.3 Å². The Balaban J connectivity index is 1.60. The summed E-state index contributed by atoms with van der Waals surface area (Å²) in [7, 11) is 0. The Hall–Kier alpha value is -2.62. The van der Waals surface area contributed by atoms with Crippen molar-refractivity contribution in [2.75, 3.05) is 31.1 Å². The van der Waals surface area contributed by atoms with E-state index in [4.69, 9.17) is 0 Å². The van der Waals surface area contributed by atoms with Crippen molar-refractivity contribution in [3.63, 3.8) is 0 Å². The number of rotatable bonds is 3. The second kappa shape index (κ2) is 7.09. The van der Waals surface area contributed by atoms with Gasteiger partial charge in [-0.1, -0.05) is 36.4 Å².